The van der Waals surface area contributed by atoms with Gasteiger partial charge < -0.3 is 10.3 Å². The zero-order valence-electron chi connectivity index (χ0n) is 14.6. The summed E-state index contributed by atoms with van der Waals surface area (Å²) >= 11 is 2.68. The number of nitrogens with one attached hydrogen (secondary N) is 2. The van der Waals surface area contributed by atoms with Crippen LogP contribution >= 0.6 is 23.1 Å². The van der Waals surface area contributed by atoms with E-state index in [-0.39, 0.29) is 11.5 Å². The van der Waals surface area contributed by atoms with Crippen LogP contribution in [-0.2, 0) is 11.2 Å². The maximum absolute atomic E-state index is 12.5. The Morgan fingerprint density at radius 3 is 2.92 bits per heavy atom. The van der Waals surface area contributed by atoms with Crippen molar-refractivity contribution in [2.45, 2.75) is 43.5 Å². The van der Waals surface area contributed by atoms with Gasteiger partial charge in [-0.05, 0) is 31.9 Å². The van der Waals surface area contributed by atoms with Gasteiger partial charge >= 0.3 is 0 Å². The van der Waals surface area contributed by atoms with Crippen molar-refractivity contribution in [3.05, 3.63) is 46.4 Å². The predicted octanol–water partition coefficient (Wildman–Crippen LogP) is 3.84. The molecule has 3 aromatic rings. The summed E-state index contributed by atoms with van der Waals surface area (Å²) in [5, 5.41) is 3.47. The standard InChI is InChI=1S/C18H20N4O2S2/c1-3-4-7-12-10-15(23)21-17(19-12)25-11(2)16(24)22-18-20-13-8-5-6-9-14(13)26-18/h5-6,8-11H,3-4,7H2,1-2H3,(H,19,21,23)(H,20,22,24). The third-order valence-corrected chi connectivity index (χ3v) is 5.68. The first-order chi connectivity index (χ1) is 12.5. The number of aryl methyl sites for hydroxylation is 1. The van der Waals surface area contributed by atoms with E-state index in [0.717, 1.165) is 35.2 Å². The molecule has 1 aromatic carbocycles. The first-order valence-corrected chi connectivity index (χ1v) is 10.2. The fourth-order valence-corrected chi connectivity index (χ4v) is 4.08. The second-order valence-corrected chi connectivity index (χ2v) is 8.24. The third kappa shape index (κ3) is 4.70. The van der Waals surface area contributed by atoms with E-state index in [9.17, 15) is 9.59 Å². The number of amides is 1. The highest BCUT2D eigenvalue weighted by Crippen LogP contribution is 2.27. The van der Waals surface area contributed by atoms with Crippen LogP contribution in [0.5, 0.6) is 0 Å². The zero-order chi connectivity index (χ0) is 18.5. The van der Waals surface area contributed by atoms with Crippen molar-refractivity contribution in [3.63, 3.8) is 0 Å². The summed E-state index contributed by atoms with van der Waals surface area (Å²) in [6, 6.07) is 9.26. The van der Waals surface area contributed by atoms with Gasteiger partial charge in [-0.3, -0.25) is 9.59 Å². The maximum Gasteiger partial charge on any atom is 0.251 e. The SMILES string of the molecule is CCCCc1cc(=O)[nH]c(SC(C)C(=O)Nc2nc3ccccc3s2)n1. The predicted molar refractivity (Wildman–Crippen MR) is 107 cm³/mol. The van der Waals surface area contributed by atoms with E-state index in [2.05, 4.69) is 27.2 Å². The molecule has 0 bridgehead atoms. The summed E-state index contributed by atoms with van der Waals surface area (Å²) in [5.74, 6) is -0.171. The number of hydrogen-bond donors (Lipinski definition) is 2. The van der Waals surface area contributed by atoms with Gasteiger partial charge in [0, 0.05) is 11.8 Å². The van der Waals surface area contributed by atoms with Crippen LogP contribution < -0.4 is 10.9 Å². The number of aromatic nitrogens is 3. The van der Waals surface area contributed by atoms with Gasteiger partial charge in [-0.25, -0.2) is 9.97 Å². The van der Waals surface area contributed by atoms with Crippen molar-refractivity contribution in [1.29, 1.82) is 0 Å². The fraction of sp³-hybridized carbons (Fsp3) is 0.333. The number of thioether (sulfide) groups is 1. The van der Waals surface area contributed by atoms with Gasteiger partial charge in [0.15, 0.2) is 10.3 Å². The van der Waals surface area contributed by atoms with Gasteiger partial charge in [-0.15, -0.1) is 0 Å². The molecule has 0 aliphatic heterocycles. The topological polar surface area (TPSA) is 87.7 Å². The normalized spacial score (nSPS) is 12.2. The number of aromatic amines is 1. The molecule has 2 N–H and O–H groups in total. The van der Waals surface area contributed by atoms with Gasteiger partial charge in [0.1, 0.15) is 0 Å². The number of benzene rings is 1. The van der Waals surface area contributed by atoms with Crippen LogP contribution in [0, 0.1) is 0 Å². The summed E-state index contributed by atoms with van der Waals surface area (Å²) in [5.41, 5.74) is 1.44. The Hall–Kier alpha value is -2.19. The smallest absolute Gasteiger partial charge is 0.251 e. The molecule has 2 heterocycles. The van der Waals surface area contributed by atoms with Crippen LogP contribution in [0.3, 0.4) is 0 Å². The number of para-hydroxylation sites is 1. The van der Waals surface area contributed by atoms with E-state index in [1.807, 2.05) is 24.3 Å². The summed E-state index contributed by atoms with van der Waals surface area (Å²) in [6.45, 7) is 3.88. The van der Waals surface area contributed by atoms with Gasteiger partial charge in [-0.1, -0.05) is 48.6 Å². The van der Waals surface area contributed by atoms with E-state index in [4.69, 9.17) is 0 Å². The summed E-state index contributed by atoms with van der Waals surface area (Å²) in [4.78, 5) is 35.8. The van der Waals surface area contributed by atoms with E-state index in [1.165, 1.54) is 29.2 Å². The highest BCUT2D eigenvalue weighted by atomic mass is 32.2. The van der Waals surface area contributed by atoms with E-state index in [1.54, 1.807) is 6.92 Å². The quantitative estimate of drug-likeness (QED) is 0.474. The highest BCUT2D eigenvalue weighted by molar-refractivity contribution is 8.00. The number of unbranched alkanes of at least 4 members (excludes halogenated alkanes) is 1. The number of nitrogens with zero attached hydrogens (tertiary/aromatic N) is 2. The molecule has 3 rings (SSSR count). The van der Waals surface area contributed by atoms with Crippen molar-refractivity contribution in [2.75, 3.05) is 5.32 Å². The van der Waals surface area contributed by atoms with Gasteiger partial charge in [0.25, 0.3) is 5.56 Å². The molecule has 26 heavy (non-hydrogen) atoms. The number of carbonyl (C=O) groups excluding carboxylic acids is 1. The molecule has 1 amide bonds. The van der Waals surface area contributed by atoms with Gasteiger partial charge in [0.2, 0.25) is 5.91 Å². The van der Waals surface area contributed by atoms with Crippen molar-refractivity contribution < 1.29 is 4.79 Å². The maximum atomic E-state index is 12.5. The molecule has 1 atom stereocenters. The third-order valence-electron chi connectivity index (χ3n) is 3.74. The molecule has 0 saturated heterocycles. The number of thiazole rings is 1. The molecule has 0 aliphatic rings. The van der Waals surface area contributed by atoms with Crippen molar-refractivity contribution in [1.82, 2.24) is 15.0 Å². The molecule has 2 aromatic heterocycles. The number of hydrogen-bond acceptors (Lipinski definition) is 6. The Bertz CT molecular complexity index is 934. The lowest BCUT2D eigenvalue weighted by Gasteiger charge is -2.10. The molecule has 8 heteroatoms. The molecule has 6 nitrogen and oxygen atoms in total. The average Bonchev–Trinajstić information content (AvgIpc) is 3.01. The van der Waals surface area contributed by atoms with Crippen LogP contribution in [0.2, 0.25) is 0 Å². The summed E-state index contributed by atoms with van der Waals surface area (Å²) in [6.07, 6.45) is 2.78. The molecule has 0 fully saturated rings. The monoisotopic (exact) mass is 388 g/mol. The first-order valence-electron chi connectivity index (χ1n) is 8.48. The van der Waals surface area contributed by atoms with Crippen LogP contribution in [0.15, 0.2) is 40.3 Å². The Morgan fingerprint density at radius 2 is 2.15 bits per heavy atom. The lowest BCUT2D eigenvalue weighted by molar-refractivity contribution is -0.115. The van der Waals surface area contributed by atoms with Crippen LogP contribution in [0.1, 0.15) is 32.4 Å². The van der Waals surface area contributed by atoms with Crippen molar-refractivity contribution in [2.24, 2.45) is 0 Å². The molecule has 136 valence electrons. The van der Waals surface area contributed by atoms with E-state index >= 15 is 0 Å². The van der Waals surface area contributed by atoms with Crippen LogP contribution in [-0.4, -0.2) is 26.1 Å². The van der Waals surface area contributed by atoms with E-state index in [0.29, 0.717) is 10.3 Å². The van der Waals surface area contributed by atoms with E-state index < -0.39 is 5.25 Å². The number of anilines is 1. The average molecular weight is 389 g/mol. The molecule has 0 radical (unpaired) electrons. The number of fused-ring (bicyclic) bond motifs is 1. The van der Waals surface area contributed by atoms with Gasteiger partial charge in [-0.2, -0.15) is 0 Å². The minimum Gasteiger partial charge on any atom is -0.301 e. The second kappa shape index (κ2) is 8.46. The molecule has 0 spiro atoms. The Kier molecular flexibility index (Phi) is 6.05. The first kappa shape index (κ1) is 18.6. The fourth-order valence-electron chi connectivity index (χ4n) is 2.38. The lowest BCUT2D eigenvalue weighted by atomic mass is 10.2. The summed E-state index contributed by atoms with van der Waals surface area (Å²) < 4.78 is 1.03. The summed E-state index contributed by atoms with van der Waals surface area (Å²) in [7, 11) is 0. The molecular weight excluding hydrogens is 368 g/mol. The second-order valence-electron chi connectivity index (χ2n) is 5.88. The molecule has 1 unspecified atom stereocenters. The van der Waals surface area contributed by atoms with Crippen LogP contribution in [0.25, 0.3) is 10.2 Å². The Labute approximate surface area is 159 Å². The molecular formula is C18H20N4O2S2. The zero-order valence-corrected chi connectivity index (χ0v) is 16.2. The van der Waals surface area contributed by atoms with Crippen LogP contribution in [0.4, 0.5) is 5.13 Å². The van der Waals surface area contributed by atoms with Crippen molar-refractivity contribution in [3.8, 4) is 0 Å². The molecule has 0 saturated carbocycles. The largest absolute Gasteiger partial charge is 0.301 e. The van der Waals surface area contributed by atoms with Gasteiger partial charge in [0.05, 0.1) is 15.5 Å². The van der Waals surface area contributed by atoms with Crippen molar-refractivity contribution >= 4 is 44.4 Å². The molecule has 0 aliphatic carbocycles. The lowest BCUT2D eigenvalue weighted by Crippen LogP contribution is -2.23. The number of rotatable bonds is 7. The minimum absolute atomic E-state index is 0.171. The minimum atomic E-state index is -0.411. The number of carbonyl (C=O) groups is 1. The Balaban J connectivity index is 1.67. The highest BCUT2D eigenvalue weighted by Gasteiger charge is 2.18. The Morgan fingerprint density at radius 1 is 1.35 bits per heavy atom. The number of H-pyrrole nitrogens is 1.